The average molecular weight is 220 g/mol. The molecule has 0 aliphatic heterocycles. The largest absolute Gasteiger partial charge is 0.481 e. The van der Waals surface area contributed by atoms with Crippen molar-refractivity contribution < 1.29 is 9.90 Å². The minimum Gasteiger partial charge on any atom is -0.481 e. The van der Waals surface area contributed by atoms with Crippen molar-refractivity contribution in [2.24, 2.45) is 10.9 Å². The van der Waals surface area contributed by atoms with Crippen LogP contribution in [-0.2, 0) is 11.2 Å². The van der Waals surface area contributed by atoms with Gasteiger partial charge in [0, 0.05) is 6.42 Å². The van der Waals surface area contributed by atoms with Crippen molar-refractivity contribution in [3.8, 4) is 0 Å². The highest BCUT2D eigenvalue weighted by Gasteiger charge is 1.97. The number of rotatable bonds is 6. The summed E-state index contributed by atoms with van der Waals surface area (Å²) in [5, 5.41) is 11.9. The molecule has 86 valence electrons. The van der Waals surface area contributed by atoms with Crippen molar-refractivity contribution in [2.75, 3.05) is 0 Å². The molecule has 1 aromatic rings. The van der Waals surface area contributed by atoms with Crippen LogP contribution in [0.25, 0.3) is 0 Å². The van der Waals surface area contributed by atoms with E-state index in [1.807, 2.05) is 24.3 Å². The Morgan fingerprint density at radius 3 is 2.56 bits per heavy atom. The fourth-order valence-corrected chi connectivity index (χ4v) is 1.46. The summed E-state index contributed by atoms with van der Waals surface area (Å²) in [6.45, 7) is 0. The molecule has 3 N–H and O–H groups in total. The van der Waals surface area contributed by atoms with Gasteiger partial charge >= 0.3 is 5.97 Å². The fourth-order valence-electron chi connectivity index (χ4n) is 1.46. The molecule has 0 saturated carbocycles. The van der Waals surface area contributed by atoms with Crippen molar-refractivity contribution in [3.05, 3.63) is 35.4 Å². The fraction of sp³-hybridized carbons (Fsp3) is 0.333. The van der Waals surface area contributed by atoms with E-state index in [4.69, 9.17) is 10.9 Å². The monoisotopic (exact) mass is 220 g/mol. The number of hydrogen-bond acceptors (Lipinski definition) is 3. The highest BCUT2D eigenvalue weighted by molar-refractivity contribution is 5.79. The van der Waals surface area contributed by atoms with E-state index in [9.17, 15) is 4.79 Å². The first-order valence-corrected chi connectivity index (χ1v) is 5.26. The molecule has 0 unspecified atom stereocenters. The van der Waals surface area contributed by atoms with Crippen LogP contribution in [0.3, 0.4) is 0 Å². The number of aryl methyl sites for hydroxylation is 1. The van der Waals surface area contributed by atoms with Gasteiger partial charge in [0.2, 0.25) is 0 Å². The standard InChI is InChI=1S/C12H16N2O2/c13-14-9-11-7-5-10(6-8-11)3-1-2-4-12(15)16/h5-9H,1-4,13H2,(H,15,16). The molecule has 0 radical (unpaired) electrons. The molecule has 0 saturated heterocycles. The summed E-state index contributed by atoms with van der Waals surface area (Å²) in [4.78, 5) is 10.3. The molecule has 1 aromatic carbocycles. The van der Waals surface area contributed by atoms with E-state index in [1.54, 1.807) is 6.21 Å². The van der Waals surface area contributed by atoms with Gasteiger partial charge < -0.3 is 10.9 Å². The molecule has 0 aliphatic carbocycles. The number of unbranched alkanes of at least 4 members (excludes halogenated alkanes) is 1. The number of carbonyl (C=O) groups is 1. The van der Waals surface area contributed by atoms with Crippen LogP contribution in [0.15, 0.2) is 29.4 Å². The number of hydrazone groups is 1. The van der Waals surface area contributed by atoms with E-state index in [1.165, 1.54) is 5.56 Å². The first-order valence-electron chi connectivity index (χ1n) is 5.26. The molecular weight excluding hydrogens is 204 g/mol. The van der Waals surface area contributed by atoms with Gasteiger partial charge in [0.1, 0.15) is 0 Å². The predicted molar refractivity (Wildman–Crippen MR) is 63.4 cm³/mol. The Hall–Kier alpha value is -1.84. The molecular formula is C12H16N2O2. The summed E-state index contributed by atoms with van der Waals surface area (Å²) in [7, 11) is 0. The third-order valence-electron chi connectivity index (χ3n) is 2.31. The van der Waals surface area contributed by atoms with Crippen molar-refractivity contribution in [1.82, 2.24) is 0 Å². The van der Waals surface area contributed by atoms with Gasteiger partial charge in [-0.05, 0) is 30.4 Å². The van der Waals surface area contributed by atoms with Crippen LogP contribution in [-0.4, -0.2) is 17.3 Å². The Morgan fingerprint density at radius 1 is 1.31 bits per heavy atom. The van der Waals surface area contributed by atoms with Gasteiger partial charge in [-0.15, -0.1) is 0 Å². The lowest BCUT2D eigenvalue weighted by Gasteiger charge is -2.00. The minimum absolute atomic E-state index is 0.248. The van der Waals surface area contributed by atoms with Gasteiger partial charge in [0.25, 0.3) is 0 Å². The van der Waals surface area contributed by atoms with Gasteiger partial charge in [-0.2, -0.15) is 5.10 Å². The van der Waals surface area contributed by atoms with E-state index in [0.29, 0.717) is 0 Å². The summed E-state index contributed by atoms with van der Waals surface area (Å²) in [5.74, 6) is 4.31. The van der Waals surface area contributed by atoms with Crippen LogP contribution in [0.4, 0.5) is 0 Å². The molecule has 0 fully saturated rings. The van der Waals surface area contributed by atoms with Crippen molar-refractivity contribution in [2.45, 2.75) is 25.7 Å². The lowest BCUT2D eigenvalue weighted by Crippen LogP contribution is -1.95. The Morgan fingerprint density at radius 2 is 2.00 bits per heavy atom. The van der Waals surface area contributed by atoms with Crippen LogP contribution in [0.2, 0.25) is 0 Å². The van der Waals surface area contributed by atoms with E-state index < -0.39 is 5.97 Å². The van der Waals surface area contributed by atoms with E-state index in [0.717, 1.165) is 24.8 Å². The van der Waals surface area contributed by atoms with Crippen molar-refractivity contribution in [3.63, 3.8) is 0 Å². The molecule has 0 aromatic heterocycles. The normalized spacial score (nSPS) is 10.8. The summed E-state index contributed by atoms with van der Waals surface area (Å²) in [6, 6.07) is 7.92. The summed E-state index contributed by atoms with van der Waals surface area (Å²) < 4.78 is 0. The number of benzene rings is 1. The lowest BCUT2D eigenvalue weighted by atomic mass is 10.1. The molecule has 0 aliphatic rings. The zero-order chi connectivity index (χ0) is 11.8. The average Bonchev–Trinajstić information content (AvgIpc) is 2.27. The second-order valence-corrected chi connectivity index (χ2v) is 3.62. The summed E-state index contributed by atoms with van der Waals surface area (Å²) in [6.07, 6.45) is 4.37. The maximum atomic E-state index is 10.3. The summed E-state index contributed by atoms with van der Waals surface area (Å²) >= 11 is 0. The Balaban J connectivity index is 2.34. The molecule has 0 atom stereocenters. The SMILES string of the molecule is NN=Cc1ccc(CCCCC(=O)O)cc1. The van der Waals surface area contributed by atoms with E-state index in [2.05, 4.69) is 5.10 Å². The minimum atomic E-state index is -0.727. The van der Waals surface area contributed by atoms with Gasteiger partial charge in [-0.25, -0.2) is 0 Å². The predicted octanol–water partition coefficient (Wildman–Crippen LogP) is 1.78. The number of carboxylic acid groups (broad SMARTS) is 1. The van der Waals surface area contributed by atoms with Crippen LogP contribution in [0, 0.1) is 0 Å². The van der Waals surface area contributed by atoms with Crippen molar-refractivity contribution >= 4 is 12.2 Å². The highest BCUT2D eigenvalue weighted by Crippen LogP contribution is 2.08. The zero-order valence-electron chi connectivity index (χ0n) is 9.10. The quantitative estimate of drug-likeness (QED) is 0.332. The second kappa shape index (κ2) is 6.61. The molecule has 0 heterocycles. The third-order valence-corrected chi connectivity index (χ3v) is 2.31. The molecule has 1 rings (SSSR count). The topological polar surface area (TPSA) is 75.7 Å². The second-order valence-electron chi connectivity index (χ2n) is 3.62. The number of nitrogens with zero attached hydrogens (tertiary/aromatic N) is 1. The number of aliphatic carboxylic acids is 1. The van der Waals surface area contributed by atoms with E-state index in [-0.39, 0.29) is 6.42 Å². The van der Waals surface area contributed by atoms with E-state index >= 15 is 0 Å². The Kier molecular flexibility index (Phi) is 5.05. The maximum Gasteiger partial charge on any atom is 0.303 e. The molecule has 4 nitrogen and oxygen atoms in total. The van der Waals surface area contributed by atoms with Crippen LogP contribution in [0.1, 0.15) is 30.4 Å². The van der Waals surface area contributed by atoms with Gasteiger partial charge in [-0.1, -0.05) is 24.3 Å². The molecule has 4 heteroatoms. The maximum absolute atomic E-state index is 10.3. The molecule has 16 heavy (non-hydrogen) atoms. The highest BCUT2D eigenvalue weighted by atomic mass is 16.4. The van der Waals surface area contributed by atoms with Crippen LogP contribution in [0.5, 0.6) is 0 Å². The third kappa shape index (κ3) is 4.59. The van der Waals surface area contributed by atoms with Crippen LogP contribution >= 0.6 is 0 Å². The van der Waals surface area contributed by atoms with Crippen LogP contribution < -0.4 is 5.84 Å². The summed E-state index contributed by atoms with van der Waals surface area (Å²) in [5.41, 5.74) is 2.18. The van der Waals surface area contributed by atoms with Gasteiger partial charge in [0.15, 0.2) is 0 Å². The number of carboxylic acids is 1. The first-order chi connectivity index (χ1) is 7.72. The van der Waals surface area contributed by atoms with Gasteiger partial charge in [-0.3, -0.25) is 4.79 Å². The number of nitrogens with two attached hydrogens (primary N) is 1. The molecule has 0 spiro atoms. The molecule has 0 bridgehead atoms. The smallest absolute Gasteiger partial charge is 0.303 e. The van der Waals surface area contributed by atoms with Crippen molar-refractivity contribution in [1.29, 1.82) is 0 Å². The zero-order valence-corrected chi connectivity index (χ0v) is 9.10. The van der Waals surface area contributed by atoms with Gasteiger partial charge in [0.05, 0.1) is 6.21 Å². The Bertz CT molecular complexity index is 358. The molecule has 0 amide bonds. The number of hydrogen-bond donors (Lipinski definition) is 2. The first kappa shape index (κ1) is 12.2. The Labute approximate surface area is 94.8 Å². The lowest BCUT2D eigenvalue weighted by molar-refractivity contribution is -0.137.